The fraction of sp³-hybridized carbons (Fsp3) is 0.873. The molecule has 0 rings (SSSR count). The minimum absolute atomic E-state index is 0.00234. The van der Waals surface area contributed by atoms with E-state index in [1.165, 1.54) is 250 Å². The Labute approximate surface area is 430 Å². The van der Waals surface area contributed by atoms with Crippen LogP contribution >= 0.6 is 0 Å². The lowest BCUT2D eigenvalue weighted by molar-refractivity contribution is -0.143. The zero-order chi connectivity index (χ0) is 50.0. The Balaban J connectivity index is 3.43. The molecule has 0 aromatic carbocycles. The third-order valence-corrected chi connectivity index (χ3v) is 14.1. The molecular formula is C63H119NO5. The fourth-order valence-corrected chi connectivity index (χ4v) is 9.39. The summed E-state index contributed by atoms with van der Waals surface area (Å²) in [6, 6.07) is -0.632. The van der Waals surface area contributed by atoms with Crippen LogP contribution in [-0.4, -0.2) is 47.4 Å². The van der Waals surface area contributed by atoms with Crippen molar-refractivity contribution in [2.24, 2.45) is 0 Å². The molecule has 2 atom stereocenters. The predicted octanol–water partition coefficient (Wildman–Crippen LogP) is 19.2. The van der Waals surface area contributed by atoms with Gasteiger partial charge in [0.1, 0.15) is 0 Å². The second-order valence-corrected chi connectivity index (χ2v) is 21.0. The summed E-state index contributed by atoms with van der Waals surface area (Å²) in [7, 11) is 0. The topological polar surface area (TPSA) is 95.9 Å². The van der Waals surface area contributed by atoms with Gasteiger partial charge in [-0.15, -0.1) is 0 Å². The Bertz CT molecular complexity index is 1120. The fourth-order valence-electron chi connectivity index (χ4n) is 9.39. The maximum atomic E-state index is 12.5. The van der Waals surface area contributed by atoms with Crippen LogP contribution in [0.3, 0.4) is 0 Å². The van der Waals surface area contributed by atoms with Gasteiger partial charge in [-0.1, -0.05) is 269 Å². The van der Waals surface area contributed by atoms with Gasteiger partial charge in [0.2, 0.25) is 5.91 Å². The number of carbonyl (C=O) groups excluding carboxylic acids is 2. The summed E-state index contributed by atoms with van der Waals surface area (Å²) in [4.78, 5) is 24.5. The molecule has 406 valence electrons. The maximum Gasteiger partial charge on any atom is 0.305 e. The summed E-state index contributed by atoms with van der Waals surface area (Å²) in [5.74, 6) is -0.0711. The normalized spacial score (nSPS) is 12.8. The Morgan fingerprint density at radius 3 is 1.03 bits per heavy atom. The molecule has 6 heteroatoms. The molecule has 0 aromatic heterocycles. The number of ether oxygens (including phenoxy) is 1. The van der Waals surface area contributed by atoms with Crippen molar-refractivity contribution in [1.82, 2.24) is 5.32 Å². The SMILES string of the molecule is CCCCCCC/C=C\CCCCCCCC(=O)OCCCCCCCCCCCCCC/C=C\CCCCCCCCCC(=O)NC(CO)C(O)/C=C/CCCCCCCCCCCCCCC. The zero-order valence-electron chi connectivity index (χ0n) is 46.3. The Morgan fingerprint density at radius 1 is 0.391 bits per heavy atom. The molecule has 69 heavy (non-hydrogen) atoms. The molecule has 0 heterocycles. The van der Waals surface area contributed by atoms with Crippen LogP contribution in [0, 0.1) is 0 Å². The molecule has 2 unspecified atom stereocenters. The van der Waals surface area contributed by atoms with E-state index in [9.17, 15) is 19.8 Å². The summed E-state index contributed by atoms with van der Waals surface area (Å²) >= 11 is 0. The first-order valence-corrected chi connectivity index (χ1v) is 30.8. The summed E-state index contributed by atoms with van der Waals surface area (Å²) in [5, 5.41) is 23.1. The molecule has 1 amide bonds. The molecule has 6 nitrogen and oxygen atoms in total. The first-order chi connectivity index (χ1) is 34.0. The van der Waals surface area contributed by atoms with E-state index >= 15 is 0 Å². The lowest BCUT2D eigenvalue weighted by Gasteiger charge is -2.20. The summed E-state index contributed by atoms with van der Waals surface area (Å²) in [5.41, 5.74) is 0. The summed E-state index contributed by atoms with van der Waals surface area (Å²) < 4.78 is 5.47. The second-order valence-electron chi connectivity index (χ2n) is 21.0. The quantitative estimate of drug-likeness (QED) is 0.0321. The van der Waals surface area contributed by atoms with Crippen LogP contribution in [0.5, 0.6) is 0 Å². The van der Waals surface area contributed by atoms with Gasteiger partial charge in [-0.2, -0.15) is 0 Å². The van der Waals surface area contributed by atoms with Crippen molar-refractivity contribution in [3.8, 4) is 0 Å². The van der Waals surface area contributed by atoms with E-state index in [4.69, 9.17) is 4.74 Å². The molecule has 0 saturated carbocycles. The van der Waals surface area contributed by atoms with Gasteiger partial charge in [-0.05, 0) is 83.5 Å². The van der Waals surface area contributed by atoms with Gasteiger partial charge >= 0.3 is 5.97 Å². The molecule has 0 aliphatic rings. The van der Waals surface area contributed by atoms with Crippen LogP contribution in [0.2, 0.25) is 0 Å². The Morgan fingerprint density at radius 2 is 0.681 bits per heavy atom. The van der Waals surface area contributed by atoms with Gasteiger partial charge in [0, 0.05) is 12.8 Å². The average Bonchev–Trinajstić information content (AvgIpc) is 3.35. The second kappa shape index (κ2) is 58.6. The molecule has 0 saturated heterocycles. The van der Waals surface area contributed by atoms with Crippen LogP contribution in [0.4, 0.5) is 0 Å². The van der Waals surface area contributed by atoms with Crippen LogP contribution < -0.4 is 5.32 Å². The highest BCUT2D eigenvalue weighted by Crippen LogP contribution is 2.17. The van der Waals surface area contributed by atoms with Crippen molar-refractivity contribution in [1.29, 1.82) is 0 Å². The van der Waals surface area contributed by atoms with Crippen LogP contribution in [-0.2, 0) is 14.3 Å². The molecule has 0 spiro atoms. The number of rotatable bonds is 57. The van der Waals surface area contributed by atoms with E-state index in [0.717, 1.165) is 51.4 Å². The first-order valence-electron chi connectivity index (χ1n) is 30.8. The van der Waals surface area contributed by atoms with Gasteiger partial charge in [-0.25, -0.2) is 0 Å². The van der Waals surface area contributed by atoms with Crippen molar-refractivity contribution < 1.29 is 24.5 Å². The van der Waals surface area contributed by atoms with E-state index in [1.807, 2.05) is 6.08 Å². The zero-order valence-corrected chi connectivity index (χ0v) is 46.3. The van der Waals surface area contributed by atoms with E-state index < -0.39 is 12.1 Å². The van der Waals surface area contributed by atoms with Gasteiger partial charge in [0.05, 0.1) is 25.4 Å². The number of esters is 1. The number of hydrogen-bond acceptors (Lipinski definition) is 5. The standard InChI is InChI=1S/C63H119NO5/c1-3-5-7-9-11-13-15-17-28-31-35-39-43-47-51-55-61(66)60(59-65)64-62(67)56-52-48-44-40-36-32-29-26-24-22-20-19-21-23-25-27-30-34-38-42-46-50-54-58-69-63(68)57-53-49-45-41-37-33-18-16-14-12-10-8-6-4-2/h16,18,22,24,51,55,60-61,65-66H,3-15,17,19-21,23,25-50,52-54,56-59H2,1-2H3,(H,64,67)/b18-16-,24-22-,55-51+. The Hall–Kier alpha value is -1.92. The van der Waals surface area contributed by atoms with Crippen LogP contribution in [0.25, 0.3) is 0 Å². The van der Waals surface area contributed by atoms with Gasteiger partial charge < -0.3 is 20.3 Å². The molecule has 0 aliphatic heterocycles. The van der Waals surface area contributed by atoms with Crippen molar-refractivity contribution in [2.75, 3.05) is 13.2 Å². The number of amides is 1. The minimum atomic E-state index is -0.848. The van der Waals surface area contributed by atoms with Crippen LogP contribution in [0.1, 0.15) is 328 Å². The Kier molecular flexibility index (Phi) is 57.0. The smallest absolute Gasteiger partial charge is 0.305 e. The van der Waals surface area contributed by atoms with Crippen molar-refractivity contribution in [3.63, 3.8) is 0 Å². The third kappa shape index (κ3) is 55.2. The van der Waals surface area contributed by atoms with E-state index in [0.29, 0.717) is 19.4 Å². The van der Waals surface area contributed by atoms with Crippen molar-refractivity contribution in [2.45, 2.75) is 341 Å². The lowest BCUT2D eigenvalue weighted by Crippen LogP contribution is -2.45. The number of hydrogen-bond donors (Lipinski definition) is 3. The molecule has 0 bridgehead atoms. The number of allylic oxidation sites excluding steroid dienone is 5. The molecule has 0 fully saturated rings. The number of unbranched alkanes of at least 4 members (excludes halogenated alkanes) is 42. The maximum absolute atomic E-state index is 12.5. The average molecular weight is 971 g/mol. The molecule has 0 radical (unpaired) electrons. The van der Waals surface area contributed by atoms with E-state index in [1.54, 1.807) is 6.08 Å². The highest BCUT2D eigenvalue weighted by molar-refractivity contribution is 5.76. The minimum Gasteiger partial charge on any atom is -0.466 e. The predicted molar refractivity (Wildman–Crippen MR) is 301 cm³/mol. The molecule has 0 aliphatic carbocycles. The first kappa shape index (κ1) is 67.1. The number of aliphatic hydroxyl groups is 2. The molecule has 3 N–H and O–H groups in total. The molecule has 0 aromatic rings. The number of carbonyl (C=O) groups is 2. The third-order valence-electron chi connectivity index (χ3n) is 14.1. The highest BCUT2D eigenvalue weighted by atomic mass is 16.5. The van der Waals surface area contributed by atoms with E-state index in [-0.39, 0.29) is 18.5 Å². The van der Waals surface area contributed by atoms with Crippen LogP contribution in [0.15, 0.2) is 36.5 Å². The van der Waals surface area contributed by atoms with Gasteiger partial charge in [-0.3, -0.25) is 9.59 Å². The largest absolute Gasteiger partial charge is 0.466 e. The molecular weight excluding hydrogens is 851 g/mol. The number of aliphatic hydroxyl groups excluding tert-OH is 2. The van der Waals surface area contributed by atoms with E-state index in [2.05, 4.69) is 43.5 Å². The highest BCUT2D eigenvalue weighted by Gasteiger charge is 2.18. The summed E-state index contributed by atoms with van der Waals surface area (Å²) in [6.07, 6.45) is 73.2. The monoisotopic (exact) mass is 970 g/mol. The van der Waals surface area contributed by atoms with Gasteiger partial charge in [0.25, 0.3) is 0 Å². The summed E-state index contributed by atoms with van der Waals surface area (Å²) in [6.45, 7) is 4.90. The van der Waals surface area contributed by atoms with Crippen molar-refractivity contribution in [3.05, 3.63) is 36.5 Å². The van der Waals surface area contributed by atoms with Crippen molar-refractivity contribution >= 4 is 11.9 Å². The number of nitrogens with one attached hydrogen (secondary N) is 1. The van der Waals surface area contributed by atoms with Gasteiger partial charge in [0.15, 0.2) is 0 Å². The lowest BCUT2D eigenvalue weighted by atomic mass is 10.0.